The smallest absolute Gasteiger partial charge is 0.194 e. The van der Waals surface area contributed by atoms with Crippen LogP contribution in [0.3, 0.4) is 0 Å². The van der Waals surface area contributed by atoms with Gasteiger partial charge in [-0.2, -0.15) is 5.10 Å². The van der Waals surface area contributed by atoms with E-state index in [-0.39, 0.29) is 5.78 Å². The number of aryl methyl sites for hydroxylation is 1. The number of rotatable bonds is 3. The highest BCUT2D eigenvalue weighted by Crippen LogP contribution is 2.34. The number of nitrogens with zero attached hydrogens (tertiary/aromatic N) is 3. The largest absolute Gasteiger partial charge is 0.361 e. The van der Waals surface area contributed by atoms with E-state index in [4.69, 9.17) is 34.8 Å². The molecule has 1 aliphatic rings. The molecule has 0 aliphatic heterocycles. The van der Waals surface area contributed by atoms with E-state index in [1.807, 2.05) is 25.1 Å². The third-order valence-electron chi connectivity index (χ3n) is 4.57. The van der Waals surface area contributed by atoms with Crippen LogP contribution in [0.2, 0.25) is 15.1 Å². The first-order valence-electron chi connectivity index (χ1n) is 8.60. The molecule has 0 saturated heterocycles. The number of aromatic nitrogens is 3. The van der Waals surface area contributed by atoms with Gasteiger partial charge in [-0.15, -0.1) is 0 Å². The highest BCUT2D eigenvalue weighted by atomic mass is 35.5. The van der Waals surface area contributed by atoms with Crippen LogP contribution < -0.4 is 5.32 Å². The Morgan fingerprint density at radius 3 is 2.57 bits per heavy atom. The van der Waals surface area contributed by atoms with E-state index in [2.05, 4.69) is 15.4 Å². The summed E-state index contributed by atoms with van der Waals surface area (Å²) >= 11 is 18.1. The van der Waals surface area contributed by atoms with Gasteiger partial charge in [0, 0.05) is 23.7 Å². The fourth-order valence-corrected chi connectivity index (χ4v) is 3.84. The topological polar surface area (TPSA) is 59.8 Å². The van der Waals surface area contributed by atoms with Crippen molar-refractivity contribution in [2.24, 2.45) is 0 Å². The number of halogens is 3. The molecule has 8 heteroatoms. The van der Waals surface area contributed by atoms with E-state index in [9.17, 15) is 4.79 Å². The van der Waals surface area contributed by atoms with Gasteiger partial charge in [0.05, 0.1) is 32.0 Å². The first-order valence-corrected chi connectivity index (χ1v) is 9.74. The Hall–Kier alpha value is -2.34. The highest BCUT2D eigenvalue weighted by molar-refractivity contribution is 6.48. The van der Waals surface area contributed by atoms with E-state index in [0.717, 1.165) is 5.69 Å². The van der Waals surface area contributed by atoms with Crippen molar-refractivity contribution in [1.82, 2.24) is 14.8 Å². The predicted molar refractivity (Wildman–Crippen MR) is 112 cm³/mol. The van der Waals surface area contributed by atoms with E-state index in [1.165, 1.54) is 0 Å². The number of Topliss-reactive ketones (excluding diaryl/α,β-unsaturated/α-hetero) is 1. The third-order valence-corrected chi connectivity index (χ3v) is 5.77. The van der Waals surface area contributed by atoms with Crippen LogP contribution in [0.25, 0.3) is 5.82 Å². The fraction of sp³-hybridized carbons (Fsp3) is 0.150. The van der Waals surface area contributed by atoms with Crippen molar-refractivity contribution in [3.05, 3.63) is 80.3 Å². The molecule has 0 saturated carbocycles. The second-order valence-corrected chi connectivity index (χ2v) is 7.60. The summed E-state index contributed by atoms with van der Waals surface area (Å²) in [7, 11) is 0. The Kier molecular flexibility index (Phi) is 5.15. The lowest BCUT2D eigenvalue weighted by Gasteiger charge is -2.16. The van der Waals surface area contributed by atoms with Gasteiger partial charge in [0.15, 0.2) is 11.6 Å². The summed E-state index contributed by atoms with van der Waals surface area (Å²) in [5, 5.41) is 8.62. The molecule has 0 bridgehead atoms. The van der Waals surface area contributed by atoms with E-state index >= 15 is 0 Å². The molecule has 2 aromatic heterocycles. The van der Waals surface area contributed by atoms with Crippen LogP contribution in [-0.4, -0.2) is 20.5 Å². The number of hydrogen-bond donors (Lipinski definition) is 1. The van der Waals surface area contributed by atoms with Gasteiger partial charge in [-0.3, -0.25) is 4.79 Å². The lowest BCUT2D eigenvalue weighted by molar-refractivity contribution is 0.102. The van der Waals surface area contributed by atoms with Gasteiger partial charge in [0.25, 0.3) is 0 Å². The van der Waals surface area contributed by atoms with Gasteiger partial charge in [-0.1, -0.05) is 40.9 Å². The standard InChI is InChI=1S/C20H15Cl3N4O/c1-11-18-16(27(26-11)17-4-2-3-7-24-17)6-5-12(20(18)28)10-25-13-8-14(21)19(23)15(22)9-13/h2-4,7-10,25H,5-6H2,1H3/b12-10-. The van der Waals surface area contributed by atoms with Gasteiger partial charge >= 0.3 is 0 Å². The maximum Gasteiger partial charge on any atom is 0.194 e. The zero-order chi connectivity index (χ0) is 19.8. The van der Waals surface area contributed by atoms with Crippen LogP contribution in [0.5, 0.6) is 0 Å². The summed E-state index contributed by atoms with van der Waals surface area (Å²) in [5.74, 6) is 0.662. The van der Waals surface area contributed by atoms with Crippen LogP contribution in [0.15, 0.2) is 48.3 Å². The molecule has 2 heterocycles. The summed E-state index contributed by atoms with van der Waals surface area (Å²) in [4.78, 5) is 17.4. The lowest BCUT2D eigenvalue weighted by atomic mass is 9.90. The van der Waals surface area contributed by atoms with Crippen LogP contribution >= 0.6 is 34.8 Å². The predicted octanol–water partition coefficient (Wildman–Crippen LogP) is 5.66. The average Bonchev–Trinajstić information content (AvgIpc) is 3.03. The zero-order valence-corrected chi connectivity index (χ0v) is 17.1. The first kappa shape index (κ1) is 19.0. The molecule has 0 amide bonds. The number of carbonyl (C=O) groups is 1. The van der Waals surface area contributed by atoms with Crippen molar-refractivity contribution < 1.29 is 4.79 Å². The molecule has 1 aliphatic carbocycles. The van der Waals surface area contributed by atoms with Gasteiger partial charge in [0.2, 0.25) is 0 Å². The third kappa shape index (κ3) is 3.41. The SMILES string of the molecule is Cc1nn(-c2ccccn2)c2c1C(=O)/C(=C\Nc1cc(Cl)c(Cl)c(Cl)c1)CC2. The molecule has 1 aromatic carbocycles. The number of hydrogen-bond acceptors (Lipinski definition) is 4. The molecule has 0 fully saturated rings. The van der Waals surface area contributed by atoms with Crippen molar-refractivity contribution in [2.75, 3.05) is 5.32 Å². The summed E-state index contributed by atoms with van der Waals surface area (Å²) in [6, 6.07) is 8.94. The van der Waals surface area contributed by atoms with E-state index in [1.54, 1.807) is 29.2 Å². The van der Waals surface area contributed by atoms with E-state index in [0.29, 0.717) is 56.2 Å². The second kappa shape index (κ2) is 7.59. The fourth-order valence-electron chi connectivity index (χ4n) is 3.24. The van der Waals surface area contributed by atoms with Gasteiger partial charge < -0.3 is 5.32 Å². The van der Waals surface area contributed by atoms with Gasteiger partial charge in [-0.05, 0) is 44.0 Å². The lowest BCUT2D eigenvalue weighted by Crippen LogP contribution is -2.17. The maximum absolute atomic E-state index is 13.0. The van der Waals surface area contributed by atoms with Crippen molar-refractivity contribution in [1.29, 1.82) is 0 Å². The Morgan fingerprint density at radius 2 is 1.89 bits per heavy atom. The Morgan fingerprint density at radius 1 is 1.14 bits per heavy atom. The van der Waals surface area contributed by atoms with Crippen LogP contribution in [0.4, 0.5) is 5.69 Å². The molecular formula is C20H15Cl3N4O. The van der Waals surface area contributed by atoms with Gasteiger partial charge in [0.1, 0.15) is 0 Å². The Balaban J connectivity index is 1.64. The number of fused-ring (bicyclic) bond motifs is 1. The molecule has 3 aromatic rings. The number of nitrogens with one attached hydrogen (secondary N) is 1. The minimum Gasteiger partial charge on any atom is -0.361 e. The minimum atomic E-state index is -0.0420. The molecular weight excluding hydrogens is 419 g/mol. The maximum atomic E-state index is 13.0. The van der Waals surface area contributed by atoms with Gasteiger partial charge in [-0.25, -0.2) is 9.67 Å². The van der Waals surface area contributed by atoms with Crippen molar-refractivity contribution in [3.8, 4) is 5.82 Å². The van der Waals surface area contributed by atoms with Crippen molar-refractivity contribution in [3.63, 3.8) is 0 Å². The number of benzene rings is 1. The first-order chi connectivity index (χ1) is 13.5. The minimum absolute atomic E-state index is 0.0420. The summed E-state index contributed by atoms with van der Waals surface area (Å²) in [5.41, 5.74) is 3.53. The van der Waals surface area contributed by atoms with Crippen LogP contribution in [-0.2, 0) is 6.42 Å². The summed E-state index contributed by atoms with van der Waals surface area (Å²) < 4.78 is 1.76. The molecule has 1 N–H and O–H groups in total. The molecule has 0 atom stereocenters. The number of carbonyl (C=O) groups excluding carboxylic acids is 1. The molecule has 0 radical (unpaired) electrons. The number of anilines is 1. The van der Waals surface area contributed by atoms with E-state index < -0.39 is 0 Å². The van der Waals surface area contributed by atoms with Crippen LogP contribution in [0, 0.1) is 6.92 Å². The zero-order valence-electron chi connectivity index (χ0n) is 14.8. The second-order valence-electron chi connectivity index (χ2n) is 6.40. The Bertz CT molecular complexity index is 1080. The average molecular weight is 434 g/mol. The molecule has 0 spiro atoms. The van der Waals surface area contributed by atoms with Crippen molar-refractivity contribution in [2.45, 2.75) is 19.8 Å². The molecule has 28 heavy (non-hydrogen) atoms. The van der Waals surface area contributed by atoms with Crippen molar-refractivity contribution >= 4 is 46.3 Å². The van der Waals surface area contributed by atoms with Crippen LogP contribution in [0.1, 0.15) is 28.2 Å². The normalized spacial score (nSPS) is 15.0. The Labute approximate surface area is 176 Å². The monoisotopic (exact) mass is 432 g/mol. The summed E-state index contributed by atoms with van der Waals surface area (Å²) in [6.45, 7) is 1.84. The highest BCUT2D eigenvalue weighted by Gasteiger charge is 2.29. The number of ketones is 1. The molecule has 0 unspecified atom stereocenters. The number of pyridine rings is 1. The molecule has 142 valence electrons. The molecule has 5 nitrogen and oxygen atoms in total. The number of allylic oxidation sites excluding steroid dienone is 1. The summed E-state index contributed by atoms with van der Waals surface area (Å²) in [6.07, 6.45) is 4.68. The molecule has 4 rings (SSSR count). The quantitative estimate of drug-likeness (QED) is 0.427.